The number of carbonyl (C=O) groups is 1. The van der Waals surface area contributed by atoms with Crippen LogP contribution in [-0.2, 0) is 11.4 Å². The number of nitriles is 1. The molecule has 2 aromatic carbocycles. The van der Waals surface area contributed by atoms with Gasteiger partial charge in [0.15, 0.2) is 0 Å². The lowest BCUT2D eigenvalue weighted by Crippen LogP contribution is -2.28. The van der Waals surface area contributed by atoms with Gasteiger partial charge in [-0.2, -0.15) is 5.26 Å². The second-order valence-electron chi connectivity index (χ2n) is 6.02. The summed E-state index contributed by atoms with van der Waals surface area (Å²) in [5.41, 5.74) is 2.04. The van der Waals surface area contributed by atoms with Crippen molar-refractivity contribution in [2.75, 3.05) is 13.1 Å². The number of ether oxygens (including phenoxy) is 1. The third-order valence-corrected chi connectivity index (χ3v) is 4.16. The average Bonchev–Trinajstić information content (AvgIpc) is 3.20. The van der Waals surface area contributed by atoms with Gasteiger partial charge in [-0.1, -0.05) is 42.5 Å². The molecular formula is C21H20N2O2. The van der Waals surface area contributed by atoms with Gasteiger partial charge < -0.3 is 9.64 Å². The lowest BCUT2D eigenvalue weighted by molar-refractivity contribution is -0.125. The second-order valence-corrected chi connectivity index (χ2v) is 6.02. The quantitative estimate of drug-likeness (QED) is 0.618. The molecule has 0 aromatic heterocycles. The van der Waals surface area contributed by atoms with Gasteiger partial charge in [0.25, 0.3) is 5.91 Å². The van der Waals surface area contributed by atoms with Gasteiger partial charge >= 0.3 is 0 Å². The fourth-order valence-electron chi connectivity index (χ4n) is 2.83. The highest BCUT2D eigenvalue weighted by Crippen LogP contribution is 2.19. The van der Waals surface area contributed by atoms with Crippen LogP contribution in [0.15, 0.2) is 60.2 Å². The molecule has 1 saturated heterocycles. The molecule has 0 aliphatic carbocycles. The molecule has 1 aliphatic rings. The van der Waals surface area contributed by atoms with Crippen LogP contribution in [0.3, 0.4) is 0 Å². The lowest BCUT2D eigenvalue weighted by atomic mass is 10.1. The number of nitrogens with zero attached hydrogens (tertiary/aromatic N) is 2. The van der Waals surface area contributed by atoms with E-state index < -0.39 is 0 Å². The maximum absolute atomic E-state index is 12.4. The molecule has 3 rings (SSSR count). The average molecular weight is 332 g/mol. The molecule has 1 fully saturated rings. The van der Waals surface area contributed by atoms with Gasteiger partial charge in [0, 0.05) is 13.1 Å². The molecule has 4 nitrogen and oxygen atoms in total. The minimum absolute atomic E-state index is 0.169. The summed E-state index contributed by atoms with van der Waals surface area (Å²) < 4.78 is 5.80. The summed E-state index contributed by atoms with van der Waals surface area (Å²) in [6, 6.07) is 19.4. The van der Waals surface area contributed by atoms with E-state index in [1.165, 1.54) is 0 Å². The summed E-state index contributed by atoms with van der Waals surface area (Å²) in [6.07, 6.45) is 3.65. The number of carbonyl (C=O) groups excluding carboxylic acids is 1. The Balaban J connectivity index is 1.71. The van der Waals surface area contributed by atoms with Gasteiger partial charge in [-0.15, -0.1) is 0 Å². The van der Waals surface area contributed by atoms with Crippen LogP contribution in [0.2, 0.25) is 0 Å². The van der Waals surface area contributed by atoms with Crippen molar-refractivity contribution in [1.29, 1.82) is 5.26 Å². The highest BCUT2D eigenvalue weighted by atomic mass is 16.5. The van der Waals surface area contributed by atoms with Crippen LogP contribution in [0.4, 0.5) is 0 Å². The Morgan fingerprint density at radius 1 is 1.12 bits per heavy atom. The van der Waals surface area contributed by atoms with Crippen LogP contribution in [0.1, 0.15) is 24.0 Å². The minimum Gasteiger partial charge on any atom is -0.489 e. The molecule has 2 aromatic rings. The molecular weight excluding hydrogens is 312 g/mol. The molecule has 25 heavy (non-hydrogen) atoms. The zero-order chi connectivity index (χ0) is 17.5. The molecule has 4 heteroatoms. The summed E-state index contributed by atoms with van der Waals surface area (Å²) in [5.74, 6) is 0.527. The van der Waals surface area contributed by atoms with Crippen LogP contribution in [0.5, 0.6) is 5.75 Å². The number of hydrogen-bond acceptors (Lipinski definition) is 3. The first kappa shape index (κ1) is 16.8. The molecule has 1 amide bonds. The van der Waals surface area contributed by atoms with Crippen LogP contribution < -0.4 is 4.74 Å². The predicted octanol–water partition coefficient (Wildman–Crippen LogP) is 3.79. The van der Waals surface area contributed by atoms with Gasteiger partial charge in [-0.25, -0.2) is 0 Å². The smallest absolute Gasteiger partial charge is 0.264 e. The van der Waals surface area contributed by atoms with Gasteiger partial charge in [-0.3, -0.25) is 4.79 Å². The van der Waals surface area contributed by atoms with Crippen LogP contribution >= 0.6 is 0 Å². The van der Waals surface area contributed by atoms with Crippen molar-refractivity contribution in [3.63, 3.8) is 0 Å². The van der Waals surface area contributed by atoms with Crippen LogP contribution in [-0.4, -0.2) is 23.9 Å². The Morgan fingerprint density at radius 2 is 1.88 bits per heavy atom. The number of amides is 1. The summed E-state index contributed by atoms with van der Waals surface area (Å²) in [7, 11) is 0. The van der Waals surface area contributed by atoms with E-state index in [1.807, 2.05) is 60.7 Å². The molecule has 1 aliphatic heterocycles. The monoisotopic (exact) mass is 332 g/mol. The molecule has 0 N–H and O–H groups in total. The fourth-order valence-corrected chi connectivity index (χ4v) is 2.83. The van der Waals surface area contributed by atoms with Gasteiger partial charge in [0.05, 0.1) is 0 Å². The van der Waals surface area contributed by atoms with Crippen molar-refractivity contribution in [1.82, 2.24) is 4.90 Å². The largest absolute Gasteiger partial charge is 0.489 e. The number of likely N-dealkylation sites (tertiary alicyclic amines) is 1. The van der Waals surface area contributed by atoms with E-state index in [0.29, 0.717) is 12.4 Å². The zero-order valence-corrected chi connectivity index (χ0v) is 14.0. The van der Waals surface area contributed by atoms with E-state index >= 15 is 0 Å². The van der Waals surface area contributed by atoms with E-state index in [4.69, 9.17) is 4.74 Å². The topological polar surface area (TPSA) is 53.3 Å². The van der Waals surface area contributed by atoms with Gasteiger partial charge in [0.1, 0.15) is 24.0 Å². The van der Waals surface area contributed by atoms with E-state index in [9.17, 15) is 10.1 Å². The Morgan fingerprint density at radius 3 is 2.60 bits per heavy atom. The first-order chi connectivity index (χ1) is 12.3. The van der Waals surface area contributed by atoms with Gasteiger partial charge in [0.2, 0.25) is 0 Å². The van der Waals surface area contributed by atoms with Crippen molar-refractivity contribution in [2.45, 2.75) is 19.4 Å². The van der Waals surface area contributed by atoms with Crippen molar-refractivity contribution >= 4 is 12.0 Å². The van der Waals surface area contributed by atoms with Crippen LogP contribution in [0, 0.1) is 11.3 Å². The first-order valence-corrected chi connectivity index (χ1v) is 8.44. The normalized spacial score (nSPS) is 14.2. The highest BCUT2D eigenvalue weighted by Gasteiger charge is 2.21. The van der Waals surface area contributed by atoms with Gasteiger partial charge in [-0.05, 0) is 42.2 Å². The molecule has 0 bridgehead atoms. The molecule has 0 unspecified atom stereocenters. The Labute approximate surface area is 148 Å². The standard InChI is InChI=1S/C21H20N2O2/c22-15-19(21(24)23-11-4-5-12-23)13-18-9-6-10-20(14-18)25-16-17-7-2-1-3-8-17/h1-3,6-10,13-14H,4-5,11-12,16H2/b19-13+. The van der Waals surface area contributed by atoms with E-state index in [-0.39, 0.29) is 11.5 Å². The fraction of sp³-hybridized carbons (Fsp3) is 0.238. The summed E-state index contributed by atoms with van der Waals surface area (Å²) in [4.78, 5) is 14.1. The minimum atomic E-state index is -0.185. The lowest BCUT2D eigenvalue weighted by Gasteiger charge is -2.14. The Kier molecular flexibility index (Phi) is 5.48. The van der Waals surface area contributed by atoms with Crippen molar-refractivity contribution in [3.05, 3.63) is 71.3 Å². The Hall–Kier alpha value is -3.06. The molecule has 0 saturated carbocycles. The second kappa shape index (κ2) is 8.16. The predicted molar refractivity (Wildman–Crippen MR) is 96.6 cm³/mol. The molecule has 0 radical (unpaired) electrons. The molecule has 0 spiro atoms. The zero-order valence-electron chi connectivity index (χ0n) is 14.0. The first-order valence-electron chi connectivity index (χ1n) is 8.44. The van der Waals surface area contributed by atoms with E-state index in [0.717, 1.165) is 37.1 Å². The van der Waals surface area contributed by atoms with Crippen molar-refractivity contribution in [2.24, 2.45) is 0 Å². The number of benzene rings is 2. The maximum atomic E-state index is 12.4. The number of rotatable bonds is 5. The SMILES string of the molecule is N#C/C(=C\c1cccc(OCc2ccccc2)c1)C(=O)N1CCCC1. The summed E-state index contributed by atoms with van der Waals surface area (Å²) in [6.45, 7) is 1.95. The third-order valence-electron chi connectivity index (χ3n) is 4.16. The molecule has 0 atom stereocenters. The van der Waals surface area contributed by atoms with Crippen LogP contribution in [0.25, 0.3) is 6.08 Å². The third kappa shape index (κ3) is 4.48. The maximum Gasteiger partial charge on any atom is 0.264 e. The summed E-state index contributed by atoms with van der Waals surface area (Å²) in [5, 5.41) is 9.34. The molecule has 126 valence electrons. The highest BCUT2D eigenvalue weighted by molar-refractivity contribution is 6.01. The van der Waals surface area contributed by atoms with Crippen molar-refractivity contribution in [3.8, 4) is 11.8 Å². The van der Waals surface area contributed by atoms with Crippen molar-refractivity contribution < 1.29 is 9.53 Å². The van der Waals surface area contributed by atoms with E-state index in [1.54, 1.807) is 11.0 Å². The Bertz CT molecular complexity index is 800. The summed E-state index contributed by atoms with van der Waals surface area (Å²) >= 11 is 0. The van der Waals surface area contributed by atoms with E-state index in [2.05, 4.69) is 0 Å². The number of hydrogen-bond donors (Lipinski definition) is 0. The molecule has 1 heterocycles.